The molecule has 98 valence electrons. The predicted molar refractivity (Wildman–Crippen MR) is 76.9 cm³/mol. The van der Waals surface area contributed by atoms with E-state index in [1.165, 1.54) is 0 Å². The van der Waals surface area contributed by atoms with Crippen LogP contribution in [0.25, 0.3) is 0 Å². The first kappa shape index (κ1) is 14.4. The van der Waals surface area contributed by atoms with Gasteiger partial charge in [0.2, 0.25) is 0 Å². The van der Waals surface area contributed by atoms with Gasteiger partial charge >= 0.3 is 0 Å². The summed E-state index contributed by atoms with van der Waals surface area (Å²) in [4.78, 5) is 2.17. The Hall–Kier alpha value is -1.66. The van der Waals surface area contributed by atoms with Crippen LogP contribution in [0.15, 0.2) is 18.2 Å². The predicted octanol–water partition coefficient (Wildman–Crippen LogP) is 2.56. The zero-order chi connectivity index (χ0) is 13.5. The Morgan fingerprint density at radius 2 is 2.22 bits per heavy atom. The maximum Gasteiger partial charge on any atom is 0.125 e. The highest BCUT2D eigenvalue weighted by Crippen LogP contribution is 2.33. The van der Waals surface area contributed by atoms with E-state index in [4.69, 9.17) is 16.9 Å². The number of nitrogens with two attached hydrogens (primary N) is 1. The Morgan fingerprint density at radius 1 is 1.50 bits per heavy atom. The molecule has 0 bridgehead atoms. The SMILES string of the molecule is C#CCN(CCC)c1cccc(OC)c1[C@@H](C)N. The van der Waals surface area contributed by atoms with Gasteiger partial charge in [0.05, 0.1) is 13.7 Å². The number of benzene rings is 1. The van der Waals surface area contributed by atoms with E-state index in [9.17, 15) is 0 Å². The summed E-state index contributed by atoms with van der Waals surface area (Å²) in [5, 5.41) is 0. The van der Waals surface area contributed by atoms with Crippen LogP contribution in [0.5, 0.6) is 5.75 Å². The second-order valence-corrected chi connectivity index (χ2v) is 4.31. The molecule has 0 aliphatic heterocycles. The van der Waals surface area contributed by atoms with Crippen LogP contribution >= 0.6 is 0 Å². The molecule has 0 amide bonds. The maximum atomic E-state index is 6.06. The van der Waals surface area contributed by atoms with Crippen molar-refractivity contribution < 1.29 is 4.74 Å². The van der Waals surface area contributed by atoms with Crippen molar-refractivity contribution in [3.05, 3.63) is 23.8 Å². The first-order chi connectivity index (χ1) is 8.65. The molecule has 1 atom stereocenters. The third kappa shape index (κ3) is 3.18. The summed E-state index contributed by atoms with van der Waals surface area (Å²) in [6, 6.07) is 5.86. The lowest BCUT2D eigenvalue weighted by Gasteiger charge is -2.27. The van der Waals surface area contributed by atoms with E-state index >= 15 is 0 Å². The molecule has 1 rings (SSSR count). The number of ether oxygens (including phenoxy) is 1. The van der Waals surface area contributed by atoms with Crippen molar-refractivity contribution in [1.29, 1.82) is 0 Å². The normalized spacial score (nSPS) is 11.7. The van der Waals surface area contributed by atoms with Gasteiger partial charge < -0.3 is 15.4 Å². The monoisotopic (exact) mass is 246 g/mol. The van der Waals surface area contributed by atoms with Gasteiger partial charge in [0.25, 0.3) is 0 Å². The van der Waals surface area contributed by atoms with Crippen LogP contribution in [0.2, 0.25) is 0 Å². The molecule has 2 N–H and O–H groups in total. The van der Waals surface area contributed by atoms with Gasteiger partial charge in [-0.05, 0) is 25.5 Å². The molecular weight excluding hydrogens is 224 g/mol. The van der Waals surface area contributed by atoms with Gasteiger partial charge in [-0.15, -0.1) is 6.42 Å². The fourth-order valence-electron chi connectivity index (χ4n) is 2.11. The van der Waals surface area contributed by atoms with Gasteiger partial charge in [0, 0.05) is 23.8 Å². The topological polar surface area (TPSA) is 38.5 Å². The third-order valence-corrected chi connectivity index (χ3v) is 2.83. The Morgan fingerprint density at radius 3 is 2.72 bits per heavy atom. The molecule has 1 aromatic rings. The van der Waals surface area contributed by atoms with Gasteiger partial charge in [0.1, 0.15) is 5.75 Å². The van der Waals surface area contributed by atoms with Gasteiger partial charge in [-0.25, -0.2) is 0 Å². The summed E-state index contributed by atoms with van der Waals surface area (Å²) in [6.45, 7) is 5.59. The summed E-state index contributed by atoms with van der Waals surface area (Å²) < 4.78 is 5.40. The second kappa shape index (κ2) is 6.93. The molecule has 0 aliphatic carbocycles. The van der Waals surface area contributed by atoms with E-state index in [1.807, 2.05) is 25.1 Å². The van der Waals surface area contributed by atoms with Crippen molar-refractivity contribution in [2.75, 3.05) is 25.1 Å². The number of hydrogen-bond acceptors (Lipinski definition) is 3. The minimum absolute atomic E-state index is 0.0896. The lowest BCUT2D eigenvalue weighted by atomic mass is 10.0. The van der Waals surface area contributed by atoms with Gasteiger partial charge in [-0.1, -0.05) is 18.9 Å². The van der Waals surface area contributed by atoms with Gasteiger partial charge in [0.15, 0.2) is 0 Å². The molecule has 0 aliphatic rings. The number of methoxy groups -OCH3 is 1. The van der Waals surface area contributed by atoms with E-state index in [0.29, 0.717) is 6.54 Å². The average Bonchev–Trinajstić information content (AvgIpc) is 2.37. The van der Waals surface area contributed by atoms with Crippen LogP contribution < -0.4 is 15.4 Å². The molecule has 1 aromatic carbocycles. The largest absolute Gasteiger partial charge is 0.496 e. The fraction of sp³-hybridized carbons (Fsp3) is 0.467. The summed E-state index contributed by atoms with van der Waals surface area (Å²) in [5.74, 6) is 3.52. The molecule has 3 nitrogen and oxygen atoms in total. The molecule has 18 heavy (non-hydrogen) atoms. The highest BCUT2D eigenvalue weighted by Gasteiger charge is 2.16. The van der Waals surface area contributed by atoms with Crippen LogP contribution in [0.1, 0.15) is 31.9 Å². The van der Waals surface area contributed by atoms with Crippen LogP contribution in [-0.4, -0.2) is 20.2 Å². The van der Waals surface area contributed by atoms with Gasteiger partial charge in [-0.2, -0.15) is 0 Å². The lowest BCUT2D eigenvalue weighted by Crippen LogP contribution is -2.26. The van der Waals surface area contributed by atoms with Crippen molar-refractivity contribution in [3.8, 4) is 18.1 Å². The Kier molecular flexibility index (Phi) is 5.54. The molecule has 0 saturated heterocycles. The highest BCUT2D eigenvalue weighted by atomic mass is 16.5. The number of terminal acetylenes is 1. The molecule has 0 fully saturated rings. The average molecular weight is 246 g/mol. The third-order valence-electron chi connectivity index (χ3n) is 2.83. The van der Waals surface area contributed by atoms with Crippen molar-refractivity contribution in [2.24, 2.45) is 5.73 Å². The quantitative estimate of drug-likeness (QED) is 0.784. The second-order valence-electron chi connectivity index (χ2n) is 4.31. The van der Waals surface area contributed by atoms with Gasteiger partial charge in [-0.3, -0.25) is 0 Å². The maximum absolute atomic E-state index is 6.06. The zero-order valence-corrected chi connectivity index (χ0v) is 11.4. The van der Waals surface area contributed by atoms with Crippen molar-refractivity contribution >= 4 is 5.69 Å². The smallest absolute Gasteiger partial charge is 0.125 e. The molecular formula is C15H22N2O. The Bertz CT molecular complexity index is 421. The summed E-state index contributed by atoms with van der Waals surface area (Å²) in [5.41, 5.74) is 8.15. The minimum atomic E-state index is -0.0896. The number of anilines is 1. The molecule has 3 heteroatoms. The summed E-state index contributed by atoms with van der Waals surface area (Å²) in [7, 11) is 1.66. The lowest BCUT2D eigenvalue weighted by molar-refractivity contribution is 0.407. The number of rotatable bonds is 6. The molecule has 0 saturated carbocycles. The summed E-state index contributed by atoms with van der Waals surface area (Å²) in [6.07, 6.45) is 6.48. The molecule has 0 radical (unpaired) electrons. The first-order valence-corrected chi connectivity index (χ1v) is 6.26. The zero-order valence-electron chi connectivity index (χ0n) is 11.4. The van der Waals surface area contributed by atoms with E-state index < -0.39 is 0 Å². The standard InChI is InChI=1S/C15H22N2O/c1-5-10-17(11-6-2)13-8-7-9-14(18-4)15(13)12(3)16/h1,7-9,12H,6,10-11,16H2,2-4H3/t12-/m1/s1. The van der Waals surface area contributed by atoms with Crippen LogP contribution in [0.4, 0.5) is 5.69 Å². The Balaban J connectivity index is 3.24. The summed E-state index contributed by atoms with van der Waals surface area (Å²) >= 11 is 0. The molecule has 0 aromatic heterocycles. The van der Waals surface area contributed by atoms with Crippen LogP contribution in [0.3, 0.4) is 0 Å². The molecule has 0 unspecified atom stereocenters. The molecule has 0 heterocycles. The van der Waals surface area contributed by atoms with Crippen LogP contribution in [0, 0.1) is 12.3 Å². The minimum Gasteiger partial charge on any atom is -0.496 e. The first-order valence-electron chi connectivity index (χ1n) is 6.26. The van der Waals surface area contributed by atoms with E-state index in [-0.39, 0.29) is 6.04 Å². The Labute approximate surface area is 110 Å². The van der Waals surface area contributed by atoms with E-state index in [0.717, 1.165) is 30.0 Å². The highest BCUT2D eigenvalue weighted by molar-refractivity contribution is 5.61. The number of hydrogen-bond donors (Lipinski definition) is 1. The number of nitrogens with zero attached hydrogens (tertiary/aromatic N) is 1. The van der Waals surface area contributed by atoms with Crippen molar-refractivity contribution in [2.45, 2.75) is 26.3 Å². The van der Waals surface area contributed by atoms with Crippen LogP contribution in [-0.2, 0) is 0 Å². The molecule has 0 spiro atoms. The van der Waals surface area contributed by atoms with E-state index in [1.54, 1.807) is 7.11 Å². The van der Waals surface area contributed by atoms with E-state index in [2.05, 4.69) is 17.7 Å². The fourth-order valence-corrected chi connectivity index (χ4v) is 2.11. The van der Waals surface area contributed by atoms with Crippen molar-refractivity contribution in [3.63, 3.8) is 0 Å². The van der Waals surface area contributed by atoms with Crippen molar-refractivity contribution in [1.82, 2.24) is 0 Å².